The van der Waals surface area contributed by atoms with Crippen LogP contribution >= 0.6 is 0 Å². The average Bonchev–Trinajstić information content (AvgIpc) is 2.29. The van der Waals surface area contributed by atoms with Gasteiger partial charge in [0.2, 0.25) is 0 Å². The molecule has 1 aliphatic heterocycles. The molecule has 11 heavy (non-hydrogen) atoms. The third kappa shape index (κ3) is 1.09. The van der Waals surface area contributed by atoms with Gasteiger partial charge < -0.3 is 14.4 Å². The largest absolute Gasteiger partial charge is 0.432 e. The fourth-order valence-corrected chi connectivity index (χ4v) is 1.10. The van der Waals surface area contributed by atoms with Crippen molar-refractivity contribution in [2.45, 2.75) is 13.0 Å². The molecule has 0 saturated carbocycles. The highest BCUT2D eigenvalue weighted by Crippen LogP contribution is 2.19. The molecule has 1 fully saturated rings. The number of nitrogens with zero attached hydrogens (tertiary/aromatic N) is 2. The van der Waals surface area contributed by atoms with Crippen molar-refractivity contribution in [2.24, 2.45) is 0 Å². The van der Waals surface area contributed by atoms with Gasteiger partial charge in [0.25, 0.3) is 6.01 Å². The number of aliphatic hydroxyl groups excluding tert-OH is 1. The predicted octanol–water partition coefficient (Wildman–Crippen LogP) is 0.164. The summed E-state index contributed by atoms with van der Waals surface area (Å²) in [5.41, 5.74) is 0.876. The Bertz CT molecular complexity index is 253. The lowest BCUT2D eigenvalue weighted by Gasteiger charge is -2.34. The molecule has 2 rings (SSSR count). The smallest absolute Gasteiger partial charge is 0.297 e. The maximum Gasteiger partial charge on any atom is 0.297 e. The van der Waals surface area contributed by atoms with Crippen molar-refractivity contribution in [3.05, 3.63) is 12.0 Å². The summed E-state index contributed by atoms with van der Waals surface area (Å²) in [6.45, 7) is 3.16. The Kier molecular flexibility index (Phi) is 1.35. The minimum Gasteiger partial charge on any atom is -0.432 e. The molecule has 1 aromatic heterocycles. The van der Waals surface area contributed by atoms with Gasteiger partial charge in [-0.1, -0.05) is 0 Å². The Labute approximate surface area is 64.5 Å². The number of aromatic nitrogens is 1. The van der Waals surface area contributed by atoms with Crippen molar-refractivity contribution in [1.82, 2.24) is 4.98 Å². The van der Waals surface area contributed by atoms with Crippen LogP contribution in [0.3, 0.4) is 0 Å². The molecular formula is C7H10N2O2. The van der Waals surface area contributed by atoms with E-state index in [4.69, 9.17) is 9.52 Å². The minimum absolute atomic E-state index is 0.206. The zero-order valence-electron chi connectivity index (χ0n) is 6.32. The summed E-state index contributed by atoms with van der Waals surface area (Å²) in [5.74, 6) is 0. The molecule has 1 saturated heterocycles. The van der Waals surface area contributed by atoms with E-state index in [-0.39, 0.29) is 6.10 Å². The molecule has 0 bridgehead atoms. The van der Waals surface area contributed by atoms with E-state index < -0.39 is 0 Å². The predicted molar refractivity (Wildman–Crippen MR) is 39.5 cm³/mol. The Balaban J connectivity index is 2.07. The van der Waals surface area contributed by atoms with Gasteiger partial charge in [-0.05, 0) is 6.92 Å². The molecule has 0 spiro atoms. The first kappa shape index (κ1) is 6.67. The average molecular weight is 154 g/mol. The van der Waals surface area contributed by atoms with Gasteiger partial charge >= 0.3 is 0 Å². The Morgan fingerprint density at radius 1 is 1.73 bits per heavy atom. The third-order valence-electron chi connectivity index (χ3n) is 1.74. The fraction of sp³-hybridized carbons (Fsp3) is 0.571. The molecule has 1 N–H and O–H groups in total. The summed E-state index contributed by atoms with van der Waals surface area (Å²) in [6.07, 6.45) is 1.40. The molecule has 0 radical (unpaired) electrons. The van der Waals surface area contributed by atoms with Crippen LogP contribution in [-0.2, 0) is 0 Å². The fourth-order valence-electron chi connectivity index (χ4n) is 1.10. The van der Waals surface area contributed by atoms with Crippen LogP contribution in [0, 0.1) is 6.92 Å². The van der Waals surface area contributed by atoms with E-state index in [1.54, 1.807) is 6.26 Å². The van der Waals surface area contributed by atoms with Gasteiger partial charge in [-0.2, -0.15) is 4.98 Å². The van der Waals surface area contributed by atoms with Crippen molar-refractivity contribution >= 4 is 6.01 Å². The van der Waals surface area contributed by atoms with Gasteiger partial charge in [0.05, 0.1) is 24.9 Å². The Morgan fingerprint density at radius 3 is 2.91 bits per heavy atom. The van der Waals surface area contributed by atoms with E-state index in [0.29, 0.717) is 19.1 Å². The molecule has 0 amide bonds. The molecule has 4 heteroatoms. The number of aliphatic hydroxyl groups is 1. The highest BCUT2D eigenvalue weighted by Gasteiger charge is 2.27. The molecule has 1 aliphatic rings. The molecule has 0 aliphatic carbocycles. The standard InChI is InChI=1S/C7H10N2O2/c1-5-4-11-7(8-5)9-2-6(10)3-9/h4,6,10H,2-3H2,1H3. The molecule has 60 valence electrons. The summed E-state index contributed by atoms with van der Waals surface area (Å²) >= 11 is 0. The number of hydrogen-bond donors (Lipinski definition) is 1. The van der Waals surface area contributed by atoms with Crippen LogP contribution in [0.2, 0.25) is 0 Å². The zero-order chi connectivity index (χ0) is 7.84. The van der Waals surface area contributed by atoms with Gasteiger partial charge in [-0.15, -0.1) is 0 Å². The van der Waals surface area contributed by atoms with Crippen molar-refractivity contribution < 1.29 is 9.52 Å². The maximum absolute atomic E-state index is 8.98. The highest BCUT2D eigenvalue weighted by atomic mass is 16.4. The van der Waals surface area contributed by atoms with Crippen LogP contribution < -0.4 is 4.90 Å². The third-order valence-corrected chi connectivity index (χ3v) is 1.74. The summed E-state index contributed by atoms with van der Waals surface area (Å²) in [4.78, 5) is 6.02. The van der Waals surface area contributed by atoms with Crippen LogP contribution in [0.1, 0.15) is 5.69 Å². The minimum atomic E-state index is -0.206. The second-order valence-corrected chi connectivity index (χ2v) is 2.83. The number of anilines is 1. The zero-order valence-corrected chi connectivity index (χ0v) is 6.32. The van der Waals surface area contributed by atoms with Gasteiger partial charge in [-0.25, -0.2) is 0 Å². The highest BCUT2D eigenvalue weighted by molar-refractivity contribution is 5.31. The lowest BCUT2D eigenvalue weighted by molar-refractivity contribution is 0.137. The van der Waals surface area contributed by atoms with Crippen LogP contribution in [0.15, 0.2) is 10.7 Å². The normalized spacial score (nSPS) is 18.5. The number of hydrogen-bond acceptors (Lipinski definition) is 4. The van der Waals surface area contributed by atoms with E-state index >= 15 is 0 Å². The van der Waals surface area contributed by atoms with Crippen LogP contribution in [0.4, 0.5) is 6.01 Å². The number of aryl methyl sites for hydroxylation is 1. The van der Waals surface area contributed by atoms with Gasteiger partial charge in [-0.3, -0.25) is 0 Å². The van der Waals surface area contributed by atoms with Gasteiger partial charge in [0.15, 0.2) is 0 Å². The van der Waals surface area contributed by atoms with Crippen molar-refractivity contribution in [1.29, 1.82) is 0 Å². The van der Waals surface area contributed by atoms with Gasteiger partial charge in [0.1, 0.15) is 6.26 Å². The molecule has 0 aromatic carbocycles. The number of rotatable bonds is 1. The second-order valence-electron chi connectivity index (χ2n) is 2.83. The first-order chi connectivity index (χ1) is 5.25. The quantitative estimate of drug-likeness (QED) is 0.626. The van der Waals surface area contributed by atoms with E-state index in [9.17, 15) is 0 Å². The topological polar surface area (TPSA) is 49.5 Å². The van der Waals surface area contributed by atoms with Crippen LogP contribution in [0.5, 0.6) is 0 Å². The van der Waals surface area contributed by atoms with Crippen LogP contribution in [-0.4, -0.2) is 29.3 Å². The van der Waals surface area contributed by atoms with E-state index in [1.807, 2.05) is 11.8 Å². The van der Waals surface area contributed by atoms with Crippen LogP contribution in [0.25, 0.3) is 0 Å². The Hall–Kier alpha value is -1.03. The number of β-amino-alcohol motifs (C(OH)–C–C–N with tert-alkyl or cyclic N) is 1. The first-order valence-electron chi connectivity index (χ1n) is 3.61. The molecule has 1 aromatic rings. The van der Waals surface area contributed by atoms with Gasteiger partial charge in [0, 0.05) is 0 Å². The second kappa shape index (κ2) is 2.23. The first-order valence-corrected chi connectivity index (χ1v) is 3.61. The maximum atomic E-state index is 8.98. The molecule has 2 heterocycles. The SMILES string of the molecule is Cc1coc(N2CC(O)C2)n1. The van der Waals surface area contributed by atoms with E-state index in [2.05, 4.69) is 4.98 Å². The monoisotopic (exact) mass is 154 g/mol. The molecule has 0 atom stereocenters. The molecule has 0 unspecified atom stereocenters. The lowest BCUT2D eigenvalue weighted by atomic mass is 10.2. The molecule has 4 nitrogen and oxygen atoms in total. The van der Waals surface area contributed by atoms with Crippen molar-refractivity contribution in [3.8, 4) is 0 Å². The summed E-state index contributed by atoms with van der Waals surface area (Å²) in [5, 5.41) is 8.98. The molecular weight excluding hydrogens is 144 g/mol. The van der Waals surface area contributed by atoms with Crippen molar-refractivity contribution in [3.63, 3.8) is 0 Å². The Morgan fingerprint density at radius 2 is 2.45 bits per heavy atom. The summed E-state index contributed by atoms with van der Waals surface area (Å²) in [7, 11) is 0. The number of oxazole rings is 1. The van der Waals surface area contributed by atoms with Crippen molar-refractivity contribution in [2.75, 3.05) is 18.0 Å². The lowest BCUT2D eigenvalue weighted by Crippen LogP contribution is -2.51. The summed E-state index contributed by atoms with van der Waals surface area (Å²) in [6, 6.07) is 0.618. The van der Waals surface area contributed by atoms with E-state index in [0.717, 1.165) is 5.69 Å². The van der Waals surface area contributed by atoms with E-state index in [1.165, 1.54) is 0 Å². The summed E-state index contributed by atoms with van der Waals surface area (Å²) < 4.78 is 5.12.